The number of rotatable bonds is 6. The fourth-order valence-electron chi connectivity index (χ4n) is 2.24. The molecule has 0 aliphatic rings. The first kappa shape index (κ1) is 16.3. The zero-order valence-corrected chi connectivity index (χ0v) is 14.5. The van der Waals surface area contributed by atoms with Crippen molar-refractivity contribution in [1.82, 2.24) is 15.0 Å². The number of aromatic nitrogens is 3. The number of hydrogen-bond donors (Lipinski definition) is 2. The molecule has 3 aromatic rings. The molecule has 0 saturated heterocycles. The monoisotopic (exact) mass is 337 g/mol. The maximum atomic E-state index is 4.54. The normalized spacial score (nSPS) is 10.4. The number of nitrogens with one attached hydrogen (secondary N) is 2. The van der Waals surface area contributed by atoms with Gasteiger partial charge in [-0.25, -0.2) is 4.98 Å². The van der Waals surface area contributed by atoms with Crippen molar-refractivity contribution < 1.29 is 0 Å². The maximum Gasteiger partial charge on any atom is 0.225 e. The zero-order valence-electron chi connectivity index (χ0n) is 13.7. The van der Waals surface area contributed by atoms with Gasteiger partial charge in [-0.2, -0.15) is 4.98 Å². The molecule has 1 aromatic carbocycles. The third-order valence-corrected chi connectivity index (χ3v) is 4.06. The molecule has 0 unspecified atom stereocenters. The number of nitrogens with zero attached hydrogens (tertiary/aromatic N) is 3. The lowest BCUT2D eigenvalue weighted by molar-refractivity contribution is 1.08. The smallest absolute Gasteiger partial charge is 0.225 e. The SMILES string of the molecule is CCNc1nc(Nc2cccc(SC)c2)cc(-c2ccccn2)n1. The van der Waals surface area contributed by atoms with Crippen LogP contribution >= 0.6 is 11.8 Å². The van der Waals surface area contributed by atoms with Crippen molar-refractivity contribution in [2.75, 3.05) is 23.4 Å². The van der Waals surface area contributed by atoms with E-state index in [1.165, 1.54) is 4.90 Å². The van der Waals surface area contributed by atoms with Gasteiger partial charge in [0, 0.05) is 29.4 Å². The number of thioether (sulfide) groups is 1. The minimum absolute atomic E-state index is 0.587. The molecule has 24 heavy (non-hydrogen) atoms. The van der Waals surface area contributed by atoms with Crippen LogP contribution in [0.15, 0.2) is 59.6 Å². The quantitative estimate of drug-likeness (QED) is 0.649. The summed E-state index contributed by atoms with van der Waals surface area (Å²) in [6.45, 7) is 2.78. The van der Waals surface area contributed by atoms with Crippen LogP contribution < -0.4 is 10.6 Å². The van der Waals surface area contributed by atoms with E-state index in [2.05, 4.69) is 44.0 Å². The molecule has 0 aliphatic carbocycles. The molecule has 0 radical (unpaired) electrons. The van der Waals surface area contributed by atoms with Crippen LogP contribution in [0.4, 0.5) is 17.5 Å². The minimum atomic E-state index is 0.587. The van der Waals surface area contributed by atoms with Gasteiger partial charge in [-0.1, -0.05) is 12.1 Å². The second-order valence-corrected chi connectivity index (χ2v) is 5.94. The molecule has 0 atom stereocenters. The van der Waals surface area contributed by atoms with Crippen molar-refractivity contribution >= 4 is 29.2 Å². The van der Waals surface area contributed by atoms with Gasteiger partial charge in [-0.3, -0.25) is 4.98 Å². The Hall–Kier alpha value is -2.60. The molecule has 0 spiro atoms. The average molecular weight is 337 g/mol. The third kappa shape index (κ3) is 4.02. The number of pyridine rings is 1. The number of hydrogen-bond acceptors (Lipinski definition) is 6. The van der Waals surface area contributed by atoms with E-state index in [1.54, 1.807) is 18.0 Å². The molecular weight excluding hydrogens is 318 g/mol. The van der Waals surface area contributed by atoms with E-state index >= 15 is 0 Å². The van der Waals surface area contributed by atoms with E-state index in [0.717, 1.165) is 29.4 Å². The standard InChI is InChI=1S/C18H19N5S/c1-3-19-18-22-16(15-9-4-5-10-20-15)12-17(23-18)21-13-7-6-8-14(11-13)24-2/h4-12H,3H2,1-2H3,(H2,19,21,22,23). The maximum absolute atomic E-state index is 4.54. The van der Waals surface area contributed by atoms with Crippen molar-refractivity contribution in [3.05, 3.63) is 54.7 Å². The minimum Gasteiger partial charge on any atom is -0.354 e. The highest BCUT2D eigenvalue weighted by molar-refractivity contribution is 7.98. The summed E-state index contributed by atoms with van der Waals surface area (Å²) in [5, 5.41) is 6.53. The molecule has 2 heterocycles. The van der Waals surface area contributed by atoms with Crippen LogP contribution in [-0.4, -0.2) is 27.8 Å². The van der Waals surface area contributed by atoms with Crippen LogP contribution in [-0.2, 0) is 0 Å². The predicted molar refractivity (Wildman–Crippen MR) is 101 cm³/mol. The molecular formula is C18H19N5S. The summed E-state index contributed by atoms with van der Waals surface area (Å²) >= 11 is 1.71. The molecule has 0 amide bonds. The first-order valence-electron chi connectivity index (χ1n) is 7.74. The van der Waals surface area contributed by atoms with Crippen molar-refractivity contribution in [3.63, 3.8) is 0 Å². The van der Waals surface area contributed by atoms with E-state index < -0.39 is 0 Å². The molecule has 0 bridgehead atoms. The molecule has 0 saturated carbocycles. The van der Waals surface area contributed by atoms with Crippen LogP contribution in [0.2, 0.25) is 0 Å². The fraction of sp³-hybridized carbons (Fsp3) is 0.167. The summed E-state index contributed by atoms with van der Waals surface area (Å²) in [5.41, 5.74) is 2.60. The van der Waals surface area contributed by atoms with Gasteiger partial charge in [0.15, 0.2) is 0 Å². The zero-order chi connectivity index (χ0) is 16.8. The van der Waals surface area contributed by atoms with Crippen molar-refractivity contribution in [3.8, 4) is 11.4 Å². The highest BCUT2D eigenvalue weighted by atomic mass is 32.2. The van der Waals surface area contributed by atoms with Gasteiger partial charge in [0.1, 0.15) is 5.82 Å². The number of benzene rings is 1. The van der Waals surface area contributed by atoms with Gasteiger partial charge in [-0.15, -0.1) is 11.8 Å². The second-order valence-electron chi connectivity index (χ2n) is 5.06. The molecule has 6 heteroatoms. The second kappa shape index (κ2) is 7.79. The van der Waals surface area contributed by atoms with Gasteiger partial charge in [0.2, 0.25) is 5.95 Å². The van der Waals surface area contributed by atoms with Gasteiger partial charge >= 0.3 is 0 Å². The van der Waals surface area contributed by atoms with E-state index in [4.69, 9.17) is 0 Å². The molecule has 0 aliphatic heterocycles. The van der Waals surface area contributed by atoms with Crippen LogP contribution in [0, 0.1) is 0 Å². The molecule has 3 rings (SSSR count). The van der Waals surface area contributed by atoms with Gasteiger partial charge in [0.05, 0.1) is 11.4 Å². The fourth-order valence-corrected chi connectivity index (χ4v) is 2.70. The summed E-state index contributed by atoms with van der Waals surface area (Å²) in [6.07, 6.45) is 3.83. The molecule has 5 nitrogen and oxygen atoms in total. The average Bonchev–Trinajstić information content (AvgIpc) is 2.63. The Morgan fingerprint density at radius 3 is 2.67 bits per heavy atom. The van der Waals surface area contributed by atoms with Crippen LogP contribution in [0.3, 0.4) is 0 Å². The Morgan fingerprint density at radius 2 is 1.92 bits per heavy atom. The molecule has 2 N–H and O–H groups in total. The van der Waals surface area contributed by atoms with Crippen LogP contribution in [0.5, 0.6) is 0 Å². The van der Waals surface area contributed by atoms with E-state index in [0.29, 0.717) is 5.95 Å². The number of anilines is 3. The Morgan fingerprint density at radius 1 is 1.00 bits per heavy atom. The molecule has 0 fully saturated rings. The summed E-state index contributed by atoms with van der Waals surface area (Å²) in [5.74, 6) is 1.32. The Balaban J connectivity index is 1.95. The van der Waals surface area contributed by atoms with Crippen molar-refractivity contribution in [2.45, 2.75) is 11.8 Å². The van der Waals surface area contributed by atoms with E-state index in [-0.39, 0.29) is 0 Å². The van der Waals surface area contributed by atoms with E-state index in [9.17, 15) is 0 Å². The van der Waals surface area contributed by atoms with Gasteiger partial charge < -0.3 is 10.6 Å². The highest BCUT2D eigenvalue weighted by Crippen LogP contribution is 2.24. The molecule has 2 aromatic heterocycles. The third-order valence-electron chi connectivity index (χ3n) is 3.33. The predicted octanol–water partition coefficient (Wildman–Crippen LogP) is 4.44. The Labute approximate surface area is 146 Å². The van der Waals surface area contributed by atoms with Crippen LogP contribution in [0.1, 0.15) is 6.92 Å². The summed E-state index contributed by atoms with van der Waals surface area (Å²) in [6, 6.07) is 15.9. The first-order valence-corrected chi connectivity index (χ1v) is 8.96. The van der Waals surface area contributed by atoms with Crippen LogP contribution in [0.25, 0.3) is 11.4 Å². The Bertz CT molecular complexity index is 808. The van der Waals surface area contributed by atoms with Crippen molar-refractivity contribution in [2.24, 2.45) is 0 Å². The molecule has 122 valence electrons. The lowest BCUT2D eigenvalue weighted by Gasteiger charge is -2.11. The first-order chi connectivity index (χ1) is 11.8. The summed E-state index contributed by atoms with van der Waals surface area (Å²) in [7, 11) is 0. The lowest BCUT2D eigenvalue weighted by Crippen LogP contribution is -2.05. The Kier molecular flexibility index (Phi) is 5.28. The highest BCUT2D eigenvalue weighted by Gasteiger charge is 2.08. The summed E-state index contributed by atoms with van der Waals surface area (Å²) < 4.78 is 0. The van der Waals surface area contributed by atoms with Gasteiger partial charge in [-0.05, 0) is 43.5 Å². The van der Waals surface area contributed by atoms with Gasteiger partial charge in [0.25, 0.3) is 0 Å². The van der Waals surface area contributed by atoms with E-state index in [1.807, 2.05) is 43.3 Å². The lowest BCUT2D eigenvalue weighted by atomic mass is 10.2. The topological polar surface area (TPSA) is 62.7 Å². The largest absolute Gasteiger partial charge is 0.354 e. The van der Waals surface area contributed by atoms with Crippen molar-refractivity contribution in [1.29, 1.82) is 0 Å². The summed E-state index contributed by atoms with van der Waals surface area (Å²) in [4.78, 5) is 14.6.